The molecule has 2 heterocycles. The Morgan fingerprint density at radius 3 is 2.22 bits per heavy atom. The molecule has 23 heavy (non-hydrogen) atoms. The number of fused-ring (bicyclic) bond motifs is 1. The molecule has 0 N–H and O–H groups in total. The summed E-state index contributed by atoms with van der Waals surface area (Å²) < 4.78 is 50.7. The minimum absolute atomic E-state index is 0.0437. The van der Waals surface area contributed by atoms with Gasteiger partial charge in [-0.3, -0.25) is 0 Å². The summed E-state index contributed by atoms with van der Waals surface area (Å²) in [4.78, 5) is -0.0437. The molecule has 0 radical (unpaired) electrons. The molecule has 0 atom stereocenters. The summed E-state index contributed by atoms with van der Waals surface area (Å²) in [5, 5.41) is 10.0. The molecule has 1 aromatic carbocycles. The second kappa shape index (κ2) is 5.10. The predicted molar refractivity (Wildman–Crippen MR) is 80.5 cm³/mol. The molecule has 0 aliphatic carbocycles. The third kappa shape index (κ3) is 2.59. The fourth-order valence-electron chi connectivity index (χ4n) is 2.05. The fourth-order valence-corrected chi connectivity index (χ4v) is 4.78. The van der Waals surface area contributed by atoms with Gasteiger partial charge in [-0.25, -0.2) is 16.8 Å². The average Bonchev–Trinajstić information content (AvgIpc) is 2.93. The van der Waals surface area contributed by atoms with Crippen LogP contribution in [0.25, 0.3) is 5.65 Å². The summed E-state index contributed by atoms with van der Waals surface area (Å²) in [6, 6.07) is 7.51. The van der Waals surface area contributed by atoms with Crippen LogP contribution in [0.3, 0.4) is 0 Å². The molecule has 0 fully saturated rings. The summed E-state index contributed by atoms with van der Waals surface area (Å²) in [5.41, 5.74) is 1.02. The number of hydrogen-bond acceptors (Lipinski definition) is 7. The Morgan fingerprint density at radius 2 is 1.61 bits per heavy atom. The molecule has 3 rings (SSSR count). The molecule has 10 heteroatoms. The van der Waals surface area contributed by atoms with Crippen LogP contribution in [0, 0.1) is 6.92 Å². The van der Waals surface area contributed by atoms with Gasteiger partial charge in [-0.1, -0.05) is 17.7 Å². The van der Waals surface area contributed by atoms with E-state index in [0.717, 1.165) is 16.3 Å². The van der Waals surface area contributed by atoms with Crippen molar-refractivity contribution in [3.8, 4) is 0 Å². The second-order valence-electron chi connectivity index (χ2n) is 5.00. The molecule has 120 valence electrons. The van der Waals surface area contributed by atoms with E-state index < -0.39 is 29.7 Å². The van der Waals surface area contributed by atoms with Crippen molar-refractivity contribution in [1.29, 1.82) is 0 Å². The van der Waals surface area contributed by atoms with Gasteiger partial charge in [0.1, 0.15) is 0 Å². The zero-order valence-corrected chi connectivity index (χ0v) is 13.8. The van der Waals surface area contributed by atoms with Gasteiger partial charge in [0, 0.05) is 12.3 Å². The van der Waals surface area contributed by atoms with E-state index in [4.69, 9.17) is 0 Å². The summed E-state index contributed by atoms with van der Waals surface area (Å²) >= 11 is 0. The number of nitrogens with zero attached hydrogens (tertiary/aromatic N) is 4. The third-order valence-corrected chi connectivity index (χ3v) is 6.05. The lowest BCUT2D eigenvalue weighted by atomic mass is 10.2. The molecule has 0 aliphatic heterocycles. The van der Waals surface area contributed by atoms with Crippen molar-refractivity contribution in [2.24, 2.45) is 0 Å². The second-order valence-corrected chi connectivity index (χ2v) is 8.80. The normalized spacial score (nSPS) is 12.6. The van der Waals surface area contributed by atoms with E-state index in [1.54, 1.807) is 12.1 Å². The van der Waals surface area contributed by atoms with Crippen LogP contribution in [-0.4, -0.2) is 42.9 Å². The highest BCUT2D eigenvalue weighted by atomic mass is 32.2. The zero-order valence-electron chi connectivity index (χ0n) is 12.2. The predicted octanol–water partition coefficient (Wildman–Crippen LogP) is 0.669. The lowest BCUT2D eigenvalue weighted by Crippen LogP contribution is -2.17. The number of sulfone groups is 2. The van der Waals surface area contributed by atoms with Crippen LogP contribution in [-0.2, 0) is 19.7 Å². The Kier molecular flexibility index (Phi) is 3.45. The van der Waals surface area contributed by atoms with Crippen LogP contribution in [0.4, 0.5) is 0 Å². The van der Waals surface area contributed by atoms with E-state index in [1.165, 1.54) is 24.4 Å². The van der Waals surface area contributed by atoms with E-state index >= 15 is 0 Å². The minimum Gasteiger partial charge on any atom is -0.222 e. The first-order chi connectivity index (χ1) is 10.7. The highest BCUT2D eigenvalue weighted by Gasteiger charge is 2.31. The lowest BCUT2D eigenvalue weighted by molar-refractivity contribution is 0.560. The van der Waals surface area contributed by atoms with Crippen molar-refractivity contribution >= 4 is 25.3 Å². The molecule has 0 aliphatic rings. The maximum Gasteiger partial charge on any atom is 0.226 e. The molecule has 0 unspecified atom stereocenters. The first-order valence-electron chi connectivity index (χ1n) is 6.43. The van der Waals surface area contributed by atoms with Crippen LogP contribution < -0.4 is 0 Å². The van der Waals surface area contributed by atoms with Crippen molar-refractivity contribution in [3.05, 3.63) is 42.1 Å². The van der Waals surface area contributed by atoms with Gasteiger partial charge in [0.2, 0.25) is 19.9 Å². The Hall–Kier alpha value is -2.33. The standard InChI is InChI=1S/C13H12N4O4S2/c1-9-3-5-10(6-4-9)23(20,21)13-12(22(2,18)19)16-15-11-7-8-14-17(11)13/h3-8H,1-2H3. The minimum atomic E-state index is -4.15. The van der Waals surface area contributed by atoms with E-state index in [9.17, 15) is 16.8 Å². The Balaban J connectivity index is 2.42. The number of aromatic nitrogens is 4. The number of rotatable bonds is 3. The monoisotopic (exact) mass is 352 g/mol. The highest BCUT2D eigenvalue weighted by molar-refractivity contribution is 7.94. The van der Waals surface area contributed by atoms with Gasteiger partial charge < -0.3 is 0 Å². The topological polar surface area (TPSA) is 111 Å². The maximum atomic E-state index is 12.9. The van der Waals surface area contributed by atoms with Crippen LogP contribution in [0.5, 0.6) is 0 Å². The number of benzene rings is 1. The zero-order chi connectivity index (χ0) is 16.8. The van der Waals surface area contributed by atoms with Crippen LogP contribution in [0.15, 0.2) is 51.5 Å². The molecular formula is C13H12N4O4S2. The third-order valence-electron chi connectivity index (χ3n) is 3.18. The van der Waals surface area contributed by atoms with Crippen LogP contribution in [0.2, 0.25) is 0 Å². The van der Waals surface area contributed by atoms with Gasteiger partial charge in [0.15, 0.2) is 15.5 Å². The molecule has 3 aromatic rings. The number of hydrogen-bond donors (Lipinski definition) is 0. The van der Waals surface area contributed by atoms with Gasteiger partial charge in [-0.05, 0) is 19.1 Å². The molecule has 0 amide bonds. The molecule has 0 saturated carbocycles. The quantitative estimate of drug-likeness (QED) is 0.681. The van der Waals surface area contributed by atoms with E-state index in [1.807, 2.05) is 6.92 Å². The maximum absolute atomic E-state index is 12.9. The van der Waals surface area contributed by atoms with Crippen molar-refractivity contribution in [2.75, 3.05) is 6.26 Å². The molecular weight excluding hydrogens is 340 g/mol. The fraction of sp³-hybridized carbons (Fsp3) is 0.154. The smallest absolute Gasteiger partial charge is 0.222 e. The van der Waals surface area contributed by atoms with Crippen LogP contribution in [0.1, 0.15) is 5.56 Å². The Bertz CT molecular complexity index is 1100. The SMILES string of the molecule is Cc1ccc(S(=O)(=O)c2c(S(C)(=O)=O)nnc3ccnn23)cc1. The average molecular weight is 352 g/mol. The van der Waals surface area contributed by atoms with Crippen molar-refractivity contribution in [2.45, 2.75) is 21.9 Å². The Morgan fingerprint density at radius 1 is 0.957 bits per heavy atom. The molecule has 8 nitrogen and oxygen atoms in total. The molecule has 0 saturated heterocycles. The molecule has 0 bridgehead atoms. The largest absolute Gasteiger partial charge is 0.226 e. The van der Waals surface area contributed by atoms with Gasteiger partial charge in [0.25, 0.3) is 0 Å². The first kappa shape index (κ1) is 15.6. The van der Waals surface area contributed by atoms with Crippen molar-refractivity contribution < 1.29 is 16.8 Å². The lowest BCUT2D eigenvalue weighted by Gasteiger charge is -2.10. The Labute approximate surface area is 132 Å². The summed E-state index contributed by atoms with van der Waals surface area (Å²) in [7, 11) is -8.06. The molecule has 2 aromatic heterocycles. The van der Waals surface area contributed by atoms with Gasteiger partial charge >= 0.3 is 0 Å². The van der Waals surface area contributed by atoms with Crippen molar-refractivity contribution in [3.63, 3.8) is 0 Å². The summed E-state index contributed by atoms with van der Waals surface area (Å²) in [5.74, 6) is 0. The van der Waals surface area contributed by atoms with Gasteiger partial charge in [0.05, 0.1) is 11.1 Å². The van der Waals surface area contributed by atoms with Crippen molar-refractivity contribution in [1.82, 2.24) is 19.8 Å². The van der Waals surface area contributed by atoms with E-state index in [2.05, 4.69) is 15.3 Å². The van der Waals surface area contributed by atoms with Crippen LogP contribution >= 0.6 is 0 Å². The first-order valence-corrected chi connectivity index (χ1v) is 9.81. The van der Waals surface area contributed by atoms with Gasteiger partial charge in [-0.15, -0.1) is 10.2 Å². The molecule has 0 spiro atoms. The van der Waals surface area contributed by atoms with E-state index in [-0.39, 0.29) is 10.5 Å². The summed E-state index contributed by atoms with van der Waals surface area (Å²) in [6.45, 7) is 1.82. The van der Waals surface area contributed by atoms with Gasteiger partial charge in [-0.2, -0.15) is 9.61 Å². The van der Waals surface area contributed by atoms with E-state index in [0.29, 0.717) is 0 Å². The number of aryl methyl sites for hydroxylation is 1. The highest BCUT2D eigenvalue weighted by Crippen LogP contribution is 2.26. The summed E-state index contributed by atoms with van der Waals surface area (Å²) in [6.07, 6.45) is 2.20.